The topological polar surface area (TPSA) is 15.8 Å². The van der Waals surface area contributed by atoms with Crippen LogP contribution in [0.2, 0.25) is 0 Å². The van der Waals surface area contributed by atoms with Gasteiger partial charge in [0, 0.05) is 0 Å². The van der Waals surface area contributed by atoms with E-state index in [1.807, 2.05) is 0 Å². The van der Waals surface area contributed by atoms with E-state index in [4.69, 9.17) is 12.2 Å². The van der Waals surface area contributed by atoms with Gasteiger partial charge in [-0.3, -0.25) is 0 Å². The normalized spacial score (nSPS) is 10.8. The molecule has 0 aliphatic rings. The number of aryl methyl sites for hydroxylation is 1. The molecule has 3 heteroatoms. The summed E-state index contributed by atoms with van der Waals surface area (Å²) in [5.41, 5.74) is 2.62. The van der Waals surface area contributed by atoms with Crippen molar-refractivity contribution in [3.8, 4) is 0 Å². The quantitative estimate of drug-likeness (QED) is 0.600. The first-order valence-electron chi connectivity index (χ1n) is 3.91. The number of H-pyrrole nitrogens is 1. The van der Waals surface area contributed by atoms with Crippen molar-refractivity contribution >= 4 is 36.5 Å². The molecule has 1 aromatic heterocycles. The van der Waals surface area contributed by atoms with Crippen LogP contribution in [0, 0.1) is 3.51 Å². The second kappa shape index (κ2) is 3.17. The van der Waals surface area contributed by atoms with Gasteiger partial charge in [0.2, 0.25) is 0 Å². The number of hydrogen-bond donors (Lipinski definition) is 1. The van der Waals surface area contributed by atoms with Gasteiger partial charge in [-0.15, -0.1) is 0 Å². The molecule has 0 saturated carbocycles. The van der Waals surface area contributed by atoms with E-state index < -0.39 is 0 Å². The molecule has 12 heavy (non-hydrogen) atoms. The molecule has 0 aliphatic heterocycles. The van der Waals surface area contributed by atoms with Gasteiger partial charge in [-0.25, -0.2) is 0 Å². The molecule has 0 atom stereocenters. The van der Waals surface area contributed by atoms with E-state index >= 15 is 0 Å². The van der Waals surface area contributed by atoms with Gasteiger partial charge in [0.15, 0.2) is 0 Å². The van der Waals surface area contributed by atoms with Gasteiger partial charge in [0.1, 0.15) is 0 Å². The zero-order valence-electron chi connectivity index (χ0n) is 6.76. The third-order valence-electron chi connectivity index (χ3n) is 1.89. The van der Waals surface area contributed by atoms with Crippen LogP contribution in [0.15, 0.2) is 18.2 Å². The number of rotatable bonds is 1. The van der Waals surface area contributed by atoms with Crippen molar-refractivity contribution in [3.05, 3.63) is 27.3 Å². The van der Waals surface area contributed by atoms with Crippen LogP contribution in [0.25, 0.3) is 9.78 Å². The number of nitrogens with one attached hydrogen (secondary N) is 1. The van der Waals surface area contributed by atoms with Crippen LogP contribution in [0.4, 0.5) is 0 Å². The first-order valence-corrected chi connectivity index (χ1v) is 6.03. The first kappa shape index (κ1) is 8.24. The zero-order valence-corrected chi connectivity index (χ0v) is 9.29. The Morgan fingerprint density at radius 2 is 2.33 bits per heavy atom. The molecule has 0 spiro atoms. The van der Waals surface area contributed by atoms with Crippen molar-refractivity contribution < 1.29 is 0 Å². The third-order valence-corrected chi connectivity index (χ3v) is 4.20. The fraction of sp³-hybridized carbons (Fsp3) is 0.222. The predicted octanol–water partition coefficient (Wildman–Crippen LogP) is 2.52. The average Bonchev–Trinajstić information content (AvgIpc) is 2.43. The predicted molar refractivity (Wildman–Crippen MR) is 55.5 cm³/mol. The van der Waals surface area contributed by atoms with Gasteiger partial charge in [-0.05, 0) is 0 Å². The van der Waals surface area contributed by atoms with Crippen molar-refractivity contribution in [2.24, 2.45) is 0 Å². The second-order valence-corrected chi connectivity index (χ2v) is 5.90. The molecule has 62 valence electrons. The van der Waals surface area contributed by atoms with Crippen LogP contribution >= 0.6 is 12.2 Å². The maximum atomic E-state index is 5.12. The SMILES string of the molecule is CCc1ccc2[nH]c(=S)[se]c2c1. The maximum absolute atomic E-state index is 5.12. The van der Waals surface area contributed by atoms with Crippen molar-refractivity contribution in [1.82, 2.24) is 4.98 Å². The van der Waals surface area contributed by atoms with E-state index in [0.29, 0.717) is 14.5 Å². The summed E-state index contributed by atoms with van der Waals surface area (Å²) in [4.78, 5) is 3.21. The molecule has 0 saturated heterocycles. The Kier molecular flexibility index (Phi) is 2.18. The Balaban J connectivity index is 2.74. The molecule has 0 aliphatic carbocycles. The molecule has 1 aromatic carbocycles. The Bertz CT molecular complexity index is 455. The molecular weight excluding hydrogens is 233 g/mol. The molecule has 0 bridgehead atoms. The summed E-state index contributed by atoms with van der Waals surface area (Å²) in [5, 5.41) is 0. The molecule has 0 amide bonds. The Labute approximate surface area is 82.2 Å². The van der Waals surface area contributed by atoms with Crippen LogP contribution < -0.4 is 0 Å². The van der Waals surface area contributed by atoms with Gasteiger partial charge >= 0.3 is 82.1 Å². The first-order chi connectivity index (χ1) is 5.79. The van der Waals surface area contributed by atoms with Gasteiger partial charge in [0.25, 0.3) is 0 Å². The Morgan fingerprint density at radius 1 is 1.50 bits per heavy atom. The molecule has 1 nitrogen and oxygen atoms in total. The van der Waals surface area contributed by atoms with E-state index in [-0.39, 0.29) is 0 Å². The molecule has 2 rings (SSSR count). The molecule has 1 heterocycles. The molecule has 1 N–H and O–H groups in total. The number of fused-ring (bicyclic) bond motifs is 1. The van der Waals surface area contributed by atoms with Gasteiger partial charge in [0.05, 0.1) is 0 Å². The Hall–Kier alpha value is -0.371. The fourth-order valence-corrected chi connectivity index (χ4v) is 3.46. The summed E-state index contributed by atoms with van der Waals surface area (Å²) in [7, 11) is 0. The summed E-state index contributed by atoms with van der Waals surface area (Å²) in [6.07, 6.45) is 1.11. The Morgan fingerprint density at radius 3 is 3.08 bits per heavy atom. The van der Waals surface area contributed by atoms with Gasteiger partial charge in [-0.2, -0.15) is 0 Å². The number of benzene rings is 1. The summed E-state index contributed by atoms with van der Waals surface area (Å²) < 4.78 is 2.41. The van der Waals surface area contributed by atoms with Crippen LogP contribution in [-0.4, -0.2) is 19.5 Å². The van der Waals surface area contributed by atoms with Crippen LogP contribution in [0.5, 0.6) is 0 Å². The summed E-state index contributed by atoms with van der Waals surface area (Å²) in [6, 6.07) is 6.56. The second-order valence-electron chi connectivity index (χ2n) is 2.70. The van der Waals surface area contributed by atoms with Crippen molar-refractivity contribution in [2.75, 3.05) is 0 Å². The van der Waals surface area contributed by atoms with E-state index in [2.05, 4.69) is 30.1 Å². The molecule has 0 fully saturated rings. The van der Waals surface area contributed by atoms with E-state index in [0.717, 1.165) is 9.94 Å². The van der Waals surface area contributed by atoms with E-state index in [9.17, 15) is 0 Å². The van der Waals surface area contributed by atoms with Crippen molar-refractivity contribution in [1.29, 1.82) is 0 Å². The van der Waals surface area contributed by atoms with Crippen LogP contribution in [0.3, 0.4) is 0 Å². The summed E-state index contributed by atoms with van der Waals surface area (Å²) in [6.45, 7) is 2.18. The monoisotopic (exact) mass is 243 g/mol. The van der Waals surface area contributed by atoms with Crippen LogP contribution in [-0.2, 0) is 6.42 Å². The molecule has 0 radical (unpaired) electrons. The third kappa shape index (κ3) is 1.40. The number of aromatic amines is 1. The average molecular weight is 242 g/mol. The van der Waals surface area contributed by atoms with Crippen LogP contribution in [0.1, 0.15) is 12.5 Å². The number of hydrogen-bond acceptors (Lipinski definition) is 1. The fourth-order valence-electron chi connectivity index (χ4n) is 1.21. The van der Waals surface area contributed by atoms with Crippen molar-refractivity contribution in [3.63, 3.8) is 0 Å². The zero-order chi connectivity index (χ0) is 8.55. The van der Waals surface area contributed by atoms with E-state index in [1.54, 1.807) is 0 Å². The summed E-state index contributed by atoms with van der Waals surface area (Å²) >= 11 is 5.49. The van der Waals surface area contributed by atoms with Gasteiger partial charge in [-0.1, -0.05) is 0 Å². The molecule has 2 aromatic rings. The number of aromatic nitrogens is 1. The van der Waals surface area contributed by atoms with E-state index in [1.165, 1.54) is 15.3 Å². The minimum absolute atomic E-state index is 0.371. The van der Waals surface area contributed by atoms with Gasteiger partial charge < -0.3 is 0 Å². The standard InChI is InChI=1S/C9H9NSSe/c1-2-6-3-4-7-8(5-6)12-9(11)10-7/h3-5H,2H2,1H3,(H,10,11). The minimum atomic E-state index is 0.371. The molecule has 0 unspecified atom stereocenters. The molecular formula is C9H9NSSe. The summed E-state index contributed by atoms with van der Waals surface area (Å²) in [5.74, 6) is 0. The van der Waals surface area contributed by atoms with Crippen molar-refractivity contribution in [2.45, 2.75) is 13.3 Å².